The average molecular weight is 452 g/mol. The number of rotatable bonds is 5. The molecule has 0 aromatic heterocycles. The van der Waals surface area contributed by atoms with Crippen molar-refractivity contribution < 1.29 is 14.3 Å². The molecule has 4 nitrogen and oxygen atoms in total. The molecule has 0 N–H and O–H groups in total. The molecule has 4 aliphatic rings. The van der Waals surface area contributed by atoms with Gasteiger partial charge in [0.15, 0.2) is 0 Å². The van der Waals surface area contributed by atoms with Crippen LogP contribution in [-0.2, 0) is 22.4 Å². The van der Waals surface area contributed by atoms with E-state index in [1.807, 2.05) is 11.9 Å². The Morgan fingerprint density at radius 2 is 1.88 bits per heavy atom. The Labute approximate surface area is 199 Å². The van der Waals surface area contributed by atoms with Crippen LogP contribution in [0.3, 0.4) is 0 Å². The molecule has 0 saturated heterocycles. The molecular formula is C29H41NO3. The highest BCUT2D eigenvalue weighted by Gasteiger charge is 2.54. The van der Waals surface area contributed by atoms with E-state index >= 15 is 0 Å². The second kappa shape index (κ2) is 9.07. The van der Waals surface area contributed by atoms with Crippen LogP contribution in [0, 0.1) is 17.3 Å². The molecule has 1 aromatic rings. The molecule has 0 radical (unpaired) electrons. The summed E-state index contributed by atoms with van der Waals surface area (Å²) < 4.78 is 5.79. The van der Waals surface area contributed by atoms with E-state index in [0.717, 1.165) is 57.1 Å². The molecule has 5 rings (SSSR count). The first kappa shape index (κ1) is 22.9. The fourth-order valence-electron chi connectivity index (χ4n) is 7.89. The Morgan fingerprint density at radius 1 is 1.09 bits per heavy atom. The molecule has 180 valence electrons. The van der Waals surface area contributed by atoms with Gasteiger partial charge in [-0.05, 0) is 91.9 Å². The first-order valence-electron chi connectivity index (χ1n) is 13.4. The van der Waals surface area contributed by atoms with Crippen molar-refractivity contribution in [3.05, 3.63) is 28.8 Å². The molecule has 3 unspecified atom stereocenters. The van der Waals surface area contributed by atoms with E-state index in [1.165, 1.54) is 42.4 Å². The standard InChI is InChI=1S/C29H41NO3/c1-29-16-15-22-23(25(29)12-13-27(29)31)11-9-19-18-26(33-3)20(17-24(19)22)10-14-28(32)30(2)21-7-5-4-6-8-21/h17-18,21-23,25H,4-16H2,1-3H3/t22?,23?,25?,29-/m0/s1. The maximum absolute atomic E-state index is 13.0. The van der Waals surface area contributed by atoms with Crippen molar-refractivity contribution in [2.75, 3.05) is 14.2 Å². The third-order valence-electron chi connectivity index (χ3n) is 9.96. The minimum absolute atomic E-state index is 0.0793. The minimum atomic E-state index is -0.0793. The molecule has 3 fully saturated rings. The van der Waals surface area contributed by atoms with Gasteiger partial charge in [0.05, 0.1) is 7.11 Å². The summed E-state index contributed by atoms with van der Waals surface area (Å²) in [5, 5.41) is 0. The zero-order valence-electron chi connectivity index (χ0n) is 20.8. The highest BCUT2D eigenvalue weighted by Crippen LogP contribution is 2.59. The Hall–Kier alpha value is -1.84. The summed E-state index contributed by atoms with van der Waals surface area (Å²) in [4.78, 5) is 27.6. The lowest BCUT2D eigenvalue weighted by molar-refractivity contribution is -0.132. The number of nitrogens with zero attached hydrogens (tertiary/aromatic N) is 1. The van der Waals surface area contributed by atoms with E-state index in [2.05, 4.69) is 19.1 Å². The molecule has 4 heteroatoms. The first-order valence-corrected chi connectivity index (χ1v) is 13.4. The lowest BCUT2D eigenvalue weighted by Gasteiger charge is -2.48. The number of fused-ring (bicyclic) bond motifs is 5. The molecule has 4 atom stereocenters. The first-order chi connectivity index (χ1) is 15.9. The minimum Gasteiger partial charge on any atom is -0.496 e. The van der Waals surface area contributed by atoms with Crippen LogP contribution in [-0.4, -0.2) is 36.8 Å². The monoisotopic (exact) mass is 451 g/mol. The second-order valence-corrected chi connectivity index (χ2v) is 11.5. The maximum Gasteiger partial charge on any atom is 0.222 e. The number of aryl methyl sites for hydroxylation is 2. The van der Waals surface area contributed by atoms with Gasteiger partial charge in [-0.15, -0.1) is 0 Å². The number of amides is 1. The van der Waals surface area contributed by atoms with Crippen molar-refractivity contribution in [3.63, 3.8) is 0 Å². The van der Waals surface area contributed by atoms with Gasteiger partial charge in [-0.3, -0.25) is 9.59 Å². The number of hydrogen-bond acceptors (Lipinski definition) is 3. The van der Waals surface area contributed by atoms with Crippen LogP contribution in [0.1, 0.15) is 100 Å². The quantitative estimate of drug-likeness (QED) is 0.565. The highest BCUT2D eigenvalue weighted by molar-refractivity contribution is 5.87. The fourth-order valence-corrected chi connectivity index (χ4v) is 7.89. The van der Waals surface area contributed by atoms with E-state index in [1.54, 1.807) is 7.11 Å². The van der Waals surface area contributed by atoms with E-state index < -0.39 is 0 Å². The van der Waals surface area contributed by atoms with Crippen molar-refractivity contribution >= 4 is 11.7 Å². The Bertz CT molecular complexity index is 918. The molecule has 0 heterocycles. The Kier molecular flexibility index (Phi) is 6.30. The summed E-state index contributed by atoms with van der Waals surface area (Å²) in [5.41, 5.74) is 4.01. The molecule has 0 spiro atoms. The van der Waals surface area contributed by atoms with Gasteiger partial charge in [-0.1, -0.05) is 32.3 Å². The van der Waals surface area contributed by atoms with Gasteiger partial charge in [0.2, 0.25) is 5.91 Å². The number of hydrogen-bond donors (Lipinski definition) is 0. The van der Waals surface area contributed by atoms with E-state index in [4.69, 9.17) is 4.74 Å². The van der Waals surface area contributed by atoms with Gasteiger partial charge in [0.25, 0.3) is 0 Å². The van der Waals surface area contributed by atoms with Gasteiger partial charge < -0.3 is 9.64 Å². The summed E-state index contributed by atoms with van der Waals surface area (Å²) in [6, 6.07) is 5.05. The molecule has 4 aliphatic carbocycles. The summed E-state index contributed by atoms with van der Waals surface area (Å²) in [7, 11) is 3.75. The predicted molar refractivity (Wildman–Crippen MR) is 131 cm³/mol. The molecule has 0 bridgehead atoms. The number of ether oxygens (including phenoxy) is 1. The molecular weight excluding hydrogens is 410 g/mol. The summed E-state index contributed by atoms with van der Waals surface area (Å²) in [6.07, 6.45) is 13.7. The van der Waals surface area contributed by atoms with E-state index in [-0.39, 0.29) is 11.3 Å². The number of methoxy groups -OCH3 is 1. The maximum atomic E-state index is 13.0. The summed E-state index contributed by atoms with van der Waals surface area (Å²) in [5.74, 6) is 3.45. The van der Waals surface area contributed by atoms with Crippen LogP contribution >= 0.6 is 0 Å². The third-order valence-corrected chi connectivity index (χ3v) is 9.96. The van der Waals surface area contributed by atoms with E-state index in [9.17, 15) is 9.59 Å². The molecule has 33 heavy (non-hydrogen) atoms. The number of carbonyl (C=O) groups is 2. The number of carbonyl (C=O) groups excluding carboxylic acids is 2. The van der Waals surface area contributed by atoms with Crippen LogP contribution < -0.4 is 4.74 Å². The van der Waals surface area contributed by atoms with E-state index in [0.29, 0.717) is 36.0 Å². The lowest BCUT2D eigenvalue weighted by atomic mass is 9.55. The lowest BCUT2D eigenvalue weighted by Crippen LogP contribution is -2.42. The van der Waals surface area contributed by atoms with Crippen LogP contribution in [0.15, 0.2) is 12.1 Å². The van der Waals surface area contributed by atoms with Crippen molar-refractivity contribution in [1.82, 2.24) is 4.90 Å². The smallest absolute Gasteiger partial charge is 0.222 e. The SMILES string of the molecule is COc1cc2c(cc1CCC(=O)N(C)C1CCCCC1)C1CC[C@]3(C)C(=O)CCC3C1CC2. The van der Waals surface area contributed by atoms with Crippen LogP contribution in [0.25, 0.3) is 0 Å². The largest absolute Gasteiger partial charge is 0.496 e. The number of ketones is 1. The van der Waals surface area contributed by atoms with Crippen LogP contribution in [0.5, 0.6) is 5.75 Å². The summed E-state index contributed by atoms with van der Waals surface area (Å²) in [6.45, 7) is 2.24. The number of Topliss-reactive ketones (excluding diaryl/α,β-unsaturated/α-hetero) is 1. The second-order valence-electron chi connectivity index (χ2n) is 11.5. The van der Waals surface area contributed by atoms with Gasteiger partial charge in [-0.2, -0.15) is 0 Å². The zero-order valence-corrected chi connectivity index (χ0v) is 20.8. The third kappa shape index (κ3) is 4.02. The van der Waals surface area contributed by atoms with Gasteiger partial charge >= 0.3 is 0 Å². The predicted octanol–water partition coefficient (Wildman–Crippen LogP) is 5.84. The normalized spacial score (nSPS) is 31.5. The fraction of sp³-hybridized carbons (Fsp3) is 0.724. The summed E-state index contributed by atoms with van der Waals surface area (Å²) >= 11 is 0. The van der Waals surface area contributed by atoms with Gasteiger partial charge in [0.1, 0.15) is 11.5 Å². The van der Waals surface area contributed by atoms with Crippen LogP contribution in [0.2, 0.25) is 0 Å². The van der Waals surface area contributed by atoms with Gasteiger partial charge in [0, 0.05) is 31.3 Å². The topological polar surface area (TPSA) is 46.6 Å². The Morgan fingerprint density at radius 3 is 2.64 bits per heavy atom. The van der Waals surface area contributed by atoms with Crippen molar-refractivity contribution in [3.8, 4) is 5.75 Å². The van der Waals surface area contributed by atoms with Crippen LogP contribution in [0.4, 0.5) is 0 Å². The van der Waals surface area contributed by atoms with Crippen molar-refractivity contribution in [2.45, 2.75) is 102 Å². The number of benzene rings is 1. The Balaban J connectivity index is 1.34. The molecule has 0 aliphatic heterocycles. The zero-order chi connectivity index (χ0) is 23.2. The molecule has 1 aromatic carbocycles. The molecule has 3 saturated carbocycles. The average Bonchev–Trinajstić information content (AvgIpc) is 3.16. The molecule has 1 amide bonds. The van der Waals surface area contributed by atoms with Crippen molar-refractivity contribution in [2.24, 2.45) is 17.3 Å². The van der Waals surface area contributed by atoms with Crippen molar-refractivity contribution in [1.29, 1.82) is 0 Å². The van der Waals surface area contributed by atoms with Gasteiger partial charge in [-0.25, -0.2) is 0 Å². The highest BCUT2D eigenvalue weighted by atomic mass is 16.5.